The number of hydrogen-bond donors (Lipinski definition) is 1. The van der Waals surface area contributed by atoms with Gasteiger partial charge in [0.15, 0.2) is 0 Å². The standard InChI is InChI=1S/C15H22FNO2/c1-11(2)14(17-15(18)8-9-19-3)10-12-4-6-13(16)7-5-12/h4-7,11,14H,8-10H2,1-3H3,(H,17,18)/t14-/m1/s1. The third-order valence-corrected chi connectivity index (χ3v) is 3.05. The fourth-order valence-corrected chi connectivity index (χ4v) is 1.80. The maximum atomic E-state index is 12.8. The van der Waals surface area contributed by atoms with Crippen LogP contribution in [0.1, 0.15) is 25.8 Å². The third kappa shape index (κ3) is 5.83. The first-order valence-corrected chi connectivity index (χ1v) is 6.55. The average molecular weight is 267 g/mol. The normalized spacial score (nSPS) is 12.5. The number of amides is 1. The Labute approximate surface area is 114 Å². The highest BCUT2D eigenvalue weighted by molar-refractivity contribution is 5.76. The van der Waals surface area contributed by atoms with Crippen molar-refractivity contribution in [3.63, 3.8) is 0 Å². The van der Waals surface area contributed by atoms with E-state index in [0.717, 1.165) is 5.56 Å². The molecule has 1 atom stereocenters. The van der Waals surface area contributed by atoms with Crippen molar-refractivity contribution in [3.05, 3.63) is 35.6 Å². The van der Waals surface area contributed by atoms with Gasteiger partial charge in [-0.05, 0) is 30.0 Å². The van der Waals surface area contributed by atoms with E-state index in [1.807, 2.05) is 0 Å². The van der Waals surface area contributed by atoms with E-state index >= 15 is 0 Å². The van der Waals surface area contributed by atoms with Crippen LogP contribution in [0.5, 0.6) is 0 Å². The molecule has 0 aliphatic carbocycles. The number of methoxy groups -OCH3 is 1. The topological polar surface area (TPSA) is 38.3 Å². The monoisotopic (exact) mass is 267 g/mol. The van der Waals surface area contributed by atoms with Crippen LogP contribution in [0.4, 0.5) is 4.39 Å². The summed E-state index contributed by atoms with van der Waals surface area (Å²) in [6.07, 6.45) is 1.07. The van der Waals surface area contributed by atoms with Gasteiger partial charge in [-0.15, -0.1) is 0 Å². The Morgan fingerprint density at radius 2 is 1.95 bits per heavy atom. The van der Waals surface area contributed by atoms with Gasteiger partial charge in [0.1, 0.15) is 5.82 Å². The Balaban J connectivity index is 2.57. The number of hydrogen-bond acceptors (Lipinski definition) is 2. The summed E-state index contributed by atoms with van der Waals surface area (Å²) in [4.78, 5) is 11.7. The van der Waals surface area contributed by atoms with Crippen LogP contribution in [0.15, 0.2) is 24.3 Å². The van der Waals surface area contributed by atoms with E-state index in [4.69, 9.17) is 4.74 Å². The van der Waals surface area contributed by atoms with Crippen molar-refractivity contribution in [1.29, 1.82) is 0 Å². The number of carbonyl (C=O) groups excluding carboxylic acids is 1. The van der Waals surface area contributed by atoms with Crippen LogP contribution in [0.2, 0.25) is 0 Å². The van der Waals surface area contributed by atoms with Crippen molar-refractivity contribution in [2.75, 3.05) is 13.7 Å². The van der Waals surface area contributed by atoms with Crippen molar-refractivity contribution in [1.82, 2.24) is 5.32 Å². The zero-order valence-corrected chi connectivity index (χ0v) is 11.8. The predicted molar refractivity (Wildman–Crippen MR) is 73.4 cm³/mol. The number of nitrogens with one attached hydrogen (secondary N) is 1. The second kappa shape index (κ2) is 7.89. The number of halogens is 1. The molecule has 0 aromatic heterocycles. The summed E-state index contributed by atoms with van der Waals surface area (Å²) in [5.74, 6) is 0.0631. The van der Waals surface area contributed by atoms with Gasteiger partial charge in [0.2, 0.25) is 5.91 Å². The van der Waals surface area contributed by atoms with E-state index in [1.54, 1.807) is 19.2 Å². The molecule has 1 N–H and O–H groups in total. The molecule has 1 aromatic rings. The molecule has 3 nitrogen and oxygen atoms in total. The highest BCUT2D eigenvalue weighted by Gasteiger charge is 2.16. The lowest BCUT2D eigenvalue weighted by Crippen LogP contribution is -2.40. The minimum absolute atomic E-state index is 0.0114. The zero-order valence-electron chi connectivity index (χ0n) is 11.8. The minimum atomic E-state index is -0.242. The first-order valence-electron chi connectivity index (χ1n) is 6.55. The van der Waals surface area contributed by atoms with Gasteiger partial charge in [-0.2, -0.15) is 0 Å². The van der Waals surface area contributed by atoms with Gasteiger partial charge >= 0.3 is 0 Å². The first kappa shape index (κ1) is 15.6. The van der Waals surface area contributed by atoms with Crippen LogP contribution in [0, 0.1) is 11.7 Å². The lowest BCUT2D eigenvalue weighted by molar-refractivity contribution is -0.122. The van der Waals surface area contributed by atoms with E-state index in [1.165, 1.54) is 12.1 Å². The van der Waals surface area contributed by atoms with E-state index in [2.05, 4.69) is 19.2 Å². The van der Waals surface area contributed by atoms with Gasteiger partial charge in [-0.3, -0.25) is 4.79 Å². The minimum Gasteiger partial charge on any atom is -0.384 e. The Kier molecular flexibility index (Phi) is 6.50. The molecule has 1 rings (SSSR count). The molecule has 0 spiro atoms. The van der Waals surface area contributed by atoms with Gasteiger partial charge in [0, 0.05) is 19.6 Å². The molecule has 0 aliphatic rings. The lowest BCUT2D eigenvalue weighted by Gasteiger charge is -2.22. The molecule has 0 heterocycles. The van der Waals surface area contributed by atoms with E-state index in [9.17, 15) is 9.18 Å². The lowest BCUT2D eigenvalue weighted by atomic mass is 9.96. The smallest absolute Gasteiger partial charge is 0.222 e. The van der Waals surface area contributed by atoms with Crippen molar-refractivity contribution in [2.24, 2.45) is 5.92 Å². The molecular formula is C15H22FNO2. The second-order valence-electron chi connectivity index (χ2n) is 4.99. The highest BCUT2D eigenvalue weighted by atomic mass is 19.1. The zero-order chi connectivity index (χ0) is 14.3. The van der Waals surface area contributed by atoms with Crippen molar-refractivity contribution < 1.29 is 13.9 Å². The van der Waals surface area contributed by atoms with Gasteiger partial charge in [-0.25, -0.2) is 4.39 Å². The quantitative estimate of drug-likeness (QED) is 0.824. The summed E-state index contributed by atoms with van der Waals surface area (Å²) >= 11 is 0. The van der Waals surface area contributed by atoms with Crippen LogP contribution in [-0.4, -0.2) is 25.7 Å². The largest absolute Gasteiger partial charge is 0.384 e. The Morgan fingerprint density at radius 3 is 2.47 bits per heavy atom. The molecule has 0 aliphatic heterocycles. The second-order valence-corrected chi connectivity index (χ2v) is 4.99. The van der Waals surface area contributed by atoms with Crippen molar-refractivity contribution >= 4 is 5.91 Å². The Morgan fingerprint density at radius 1 is 1.32 bits per heavy atom. The molecule has 0 unspecified atom stereocenters. The molecule has 19 heavy (non-hydrogen) atoms. The number of benzene rings is 1. The summed E-state index contributed by atoms with van der Waals surface area (Å²) in [6.45, 7) is 4.54. The van der Waals surface area contributed by atoms with Crippen LogP contribution in [0.25, 0.3) is 0 Å². The van der Waals surface area contributed by atoms with Gasteiger partial charge in [0.05, 0.1) is 6.61 Å². The summed E-state index contributed by atoms with van der Waals surface area (Å²) in [5.41, 5.74) is 1.02. The number of ether oxygens (including phenoxy) is 1. The fraction of sp³-hybridized carbons (Fsp3) is 0.533. The molecular weight excluding hydrogens is 245 g/mol. The molecule has 1 amide bonds. The summed E-state index contributed by atoms with van der Waals surface area (Å²) in [6, 6.07) is 6.45. The van der Waals surface area contributed by atoms with Crippen LogP contribution in [0.3, 0.4) is 0 Å². The Bertz CT molecular complexity index is 390. The fourth-order valence-electron chi connectivity index (χ4n) is 1.80. The highest BCUT2D eigenvalue weighted by Crippen LogP contribution is 2.11. The SMILES string of the molecule is COCCC(=O)N[C@H](Cc1ccc(F)cc1)C(C)C. The van der Waals surface area contributed by atoms with Crippen LogP contribution >= 0.6 is 0 Å². The molecule has 0 saturated heterocycles. The molecule has 106 valence electrons. The molecule has 0 radical (unpaired) electrons. The molecule has 0 fully saturated rings. The first-order chi connectivity index (χ1) is 9.02. The predicted octanol–water partition coefficient (Wildman–Crippen LogP) is 2.55. The van der Waals surface area contributed by atoms with Crippen LogP contribution in [-0.2, 0) is 16.0 Å². The van der Waals surface area contributed by atoms with Gasteiger partial charge in [-0.1, -0.05) is 26.0 Å². The average Bonchev–Trinajstić information content (AvgIpc) is 2.38. The molecule has 1 aromatic carbocycles. The maximum absolute atomic E-state index is 12.8. The summed E-state index contributed by atoms with van der Waals surface area (Å²) in [7, 11) is 1.58. The van der Waals surface area contributed by atoms with Crippen molar-refractivity contribution in [2.45, 2.75) is 32.7 Å². The third-order valence-electron chi connectivity index (χ3n) is 3.05. The number of carbonyl (C=O) groups is 1. The van der Waals surface area contributed by atoms with E-state index < -0.39 is 0 Å². The van der Waals surface area contributed by atoms with E-state index in [-0.39, 0.29) is 17.8 Å². The van der Waals surface area contributed by atoms with Crippen LogP contribution < -0.4 is 5.32 Å². The number of rotatable bonds is 7. The summed E-state index contributed by atoms with van der Waals surface area (Å²) in [5, 5.41) is 3.00. The molecule has 4 heteroatoms. The Hall–Kier alpha value is -1.42. The van der Waals surface area contributed by atoms with Gasteiger partial charge < -0.3 is 10.1 Å². The molecule has 0 bridgehead atoms. The van der Waals surface area contributed by atoms with E-state index in [0.29, 0.717) is 25.4 Å². The summed E-state index contributed by atoms with van der Waals surface area (Å²) < 4.78 is 17.7. The van der Waals surface area contributed by atoms with Gasteiger partial charge in [0.25, 0.3) is 0 Å². The molecule has 0 saturated carbocycles. The van der Waals surface area contributed by atoms with Crippen molar-refractivity contribution in [3.8, 4) is 0 Å². The maximum Gasteiger partial charge on any atom is 0.222 e.